The first-order chi connectivity index (χ1) is 19.5. The molecule has 4 heteroatoms. The second kappa shape index (κ2) is 11.7. The van der Waals surface area contributed by atoms with Crippen molar-refractivity contribution in [1.82, 2.24) is 14.8 Å². The van der Waals surface area contributed by atoms with Crippen molar-refractivity contribution >= 4 is 5.71 Å². The number of allylic oxidation sites excluding steroid dienone is 1. The van der Waals surface area contributed by atoms with Crippen LogP contribution >= 0.6 is 0 Å². The third kappa shape index (κ3) is 6.14. The van der Waals surface area contributed by atoms with Gasteiger partial charge in [-0.15, -0.1) is 0 Å². The Morgan fingerprint density at radius 2 is 1.32 bits per heavy atom. The Bertz CT molecular complexity index is 1480. The molecule has 0 spiro atoms. The minimum absolute atomic E-state index is 0.377. The zero-order valence-corrected chi connectivity index (χ0v) is 23.6. The van der Waals surface area contributed by atoms with Gasteiger partial charge in [0.25, 0.3) is 0 Å². The summed E-state index contributed by atoms with van der Waals surface area (Å²) < 4.78 is 0. The van der Waals surface area contributed by atoms with Crippen LogP contribution in [-0.2, 0) is 18.5 Å². The lowest BCUT2D eigenvalue weighted by molar-refractivity contribution is 0.128. The maximum atomic E-state index is 4.96. The molecule has 4 aromatic rings. The topological polar surface area (TPSA) is 31.7 Å². The van der Waals surface area contributed by atoms with Gasteiger partial charge in [-0.3, -0.25) is 9.89 Å². The van der Waals surface area contributed by atoms with E-state index in [4.69, 9.17) is 9.98 Å². The van der Waals surface area contributed by atoms with Crippen LogP contribution in [-0.4, -0.2) is 53.2 Å². The molecule has 1 atom stereocenters. The van der Waals surface area contributed by atoms with Crippen LogP contribution in [0.4, 0.5) is 0 Å². The zero-order chi connectivity index (χ0) is 27.4. The van der Waals surface area contributed by atoms with Crippen molar-refractivity contribution in [3.8, 4) is 22.4 Å². The zero-order valence-electron chi connectivity index (χ0n) is 23.6. The standard InChI is InChI=1S/C36H38N4/c1-28-19-21-36(2,38-28)35-10-6-9-34(37-35)33-17-15-32(16-18-33)31-13-11-30(12-14-31)27-40-25-23-39(24-26-40)22-20-29-7-4-3-5-8-29/h3-19,21H,20,22-27H2,1-2H3. The lowest BCUT2D eigenvalue weighted by atomic mass is 9.97. The quantitative estimate of drug-likeness (QED) is 0.247. The van der Waals surface area contributed by atoms with E-state index in [0.717, 1.165) is 68.4 Å². The first-order valence-corrected chi connectivity index (χ1v) is 14.5. The number of rotatable bonds is 8. The second-order valence-corrected chi connectivity index (χ2v) is 11.3. The third-order valence-electron chi connectivity index (χ3n) is 8.22. The van der Waals surface area contributed by atoms with Gasteiger partial charge in [-0.2, -0.15) is 0 Å². The van der Waals surface area contributed by atoms with E-state index >= 15 is 0 Å². The molecule has 2 aliphatic rings. The Labute approximate surface area is 238 Å². The van der Waals surface area contributed by atoms with Crippen molar-refractivity contribution in [3.63, 3.8) is 0 Å². The maximum absolute atomic E-state index is 4.96. The predicted molar refractivity (Wildman–Crippen MR) is 167 cm³/mol. The average molecular weight is 527 g/mol. The van der Waals surface area contributed by atoms with Gasteiger partial charge in [-0.05, 0) is 66.8 Å². The molecule has 2 aliphatic heterocycles. The molecule has 202 valence electrons. The highest BCUT2D eigenvalue weighted by Crippen LogP contribution is 2.32. The van der Waals surface area contributed by atoms with Crippen LogP contribution in [0, 0.1) is 0 Å². The third-order valence-corrected chi connectivity index (χ3v) is 8.22. The second-order valence-electron chi connectivity index (χ2n) is 11.3. The van der Waals surface area contributed by atoms with Crippen molar-refractivity contribution in [2.75, 3.05) is 32.7 Å². The van der Waals surface area contributed by atoms with Crippen LogP contribution in [0.3, 0.4) is 0 Å². The van der Waals surface area contributed by atoms with Crippen LogP contribution in [0.15, 0.2) is 114 Å². The van der Waals surface area contributed by atoms with Gasteiger partial charge in [0.2, 0.25) is 0 Å². The molecule has 3 aromatic carbocycles. The van der Waals surface area contributed by atoms with Gasteiger partial charge >= 0.3 is 0 Å². The van der Waals surface area contributed by atoms with E-state index in [2.05, 4.69) is 126 Å². The van der Waals surface area contributed by atoms with Crippen molar-refractivity contribution in [2.45, 2.75) is 32.4 Å². The van der Waals surface area contributed by atoms with Crippen LogP contribution in [0.5, 0.6) is 0 Å². The number of hydrogen-bond acceptors (Lipinski definition) is 4. The van der Waals surface area contributed by atoms with E-state index < -0.39 is 0 Å². The molecule has 0 amide bonds. The summed E-state index contributed by atoms with van der Waals surface area (Å²) in [6.07, 6.45) is 5.34. The Kier molecular flexibility index (Phi) is 7.72. The molecule has 6 rings (SSSR count). The number of aliphatic imine (C=N–C) groups is 1. The van der Waals surface area contributed by atoms with E-state index in [-0.39, 0.29) is 5.54 Å². The van der Waals surface area contributed by atoms with Gasteiger partial charge < -0.3 is 4.90 Å². The van der Waals surface area contributed by atoms with Gasteiger partial charge in [0, 0.05) is 50.5 Å². The van der Waals surface area contributed by atoms with Gasteiger partial charge in [0.1, 0.15) is 5.54 Å². The van der Waals surface area contributed by atoms with E-state index in [0.29, 0.717) is 0 Å². The largest absolute Gasteiger partial charge is 0.300 e. The van der Waals surface area contributed by atoms with Gasteiger partial charge in [0.15, 0.2) is 0 Å². The molecule has 0 saturated carbocycles. The summed E-state index contributed by atoms with van der Waals surface area (Å²) in [6.45, 7) is 10.9. The van der Waals surface area contributed by atoms with Crippen molar-refractivity contribution in [2.24, 2.45) is 4.99 Å². The van der Waals surface area contributed by atoms with Gasteiger partial charge in [-0.25, -0.2) is 4.98 Å². The first-order valence-electron chi connectivity index (χ1n) is 14.5. The number of nitrogens with zero attached hydrogens (tertiary/aromatic N) is 4. The molecule has 4 nitrogen and oxygen atoms in total. The van der Waals surface area contributed by atoms with E-state index in [1.165, 1.54) is 22.3 Å². The SMILES string of the molecule is CC1=NC(C)(c2cccc(-c3ccc(-c4ccc(CN5CCN(CCc6ccccc6)CC5)cc4)cc3)n2)C=C1. The summed E-state index contributed by atoms with van der Waals surface area (Å²) in [5.41, 5.74) is 9.03. The highest BCUT2D eigenvalue weighted by Gasteiger charge is 2.27. The molecule has 1 saturated heterocycles. The number of pyridine rings is 1. The Hall–Kier alpha value is -3.86. The minimum Gasteiger partial charge on any atom is -0.300 e. The van der Waals surface area contributed by atoms with Crippen molar-refractivity contribution < 1.29 is 0 Å². The Morgan fingerprint density at radius 3 is 2.00 bits per heavy atom. The Morgan fingerprint density at radius 1 is 0.675 bits per heavy atom. The van der Waals surface area contributed by atoms with Crippen LogP contribution in [0.2, 0.25) is 0 Å². The average Bonchev–Trinajstić information content (AvgIpc) is 3.37. The fourth-order valence-corrected chi connectivity index (χ4v) is 5.74. The summed E-state index contributed by atoms with van der Waals surface area (Å²) in [5.74, 6) is 0. The fraction of sp³-hybridized carbons (Fsp3) is 0.278. The van der Waals surface area contributed by atoms with E-state index in [9.17, 15) is 0 Å². The maximum Gasteiger partial charge on any atom is 0.118 e. The molecule has 1 fully saturated rings. The fourth-order valence-electron chi connectivity index (χ4n) is 5.74. The number of aromatic nitrogens is 1. The highest BCUT2D eigenvalue weighted by molar-refractivity contribution is 5.95. The molecule has 40 heavy (non-hydrogen) atoms. The monoisotopic (exact) mass is 526 g/mol. The van der Waals surface area contributed by atoms with Crippen LogP contribution in [0.1, 0.15) is 30.7 Å². The van der Waals surface area contributed by atoms with Crippen LogP contribution < -0.4 is 0 Å². The molecule has 0 bridgehead atoms. The summed E-state index contributed by atoms with van der Waals surface area (Å²) in [6, 6.07) is 34.9. The molecule has 0 radical (unpaired) electrons. The number of piperazine rings is 1. The summed E-state index contributed by atoms with van der Waals surface area (Å²) in [4.78, 5) is 14.9. The van der Waals surface area contributed by atoms with Crippen LogP contribution in [0.25, 0.3) is 22.4 Å². The molecule has 3 heterocycles. The van der Waals surface area contributed by atoms with E-state index in [1.54, 1.807) is 0 Å². The molecule has 1 unspecified atom stereocenters. The smallest absolute Gasteiger partial charge is 0.118 e. The van der Waals surface area contributed by atoms with E-state index in [1.807, 2.05) is 6.92 Å². The predicted octanol–water partition coefficient (Wildman–Crippen LogP) is 7.02. The summed E-state index contributed by atoms with van der Waals surface area (Å²) >= 11 is 0. The number of benzene rings is 3. The highest BCUT2D eigenvalue weighted by atomic mass is 15.3. The van der Waals surface area contributed by atoms with Crippen molar-refractivity contribution in [1.29, 1.82) is 0 Å². The molecule has 1 aromatic heterocycles. The lowest BCUT2D eigenvalue weighted by Crippen LogP contribution is -2.46. The molecule has 0 aliphatic carbocycles. The molecule has 0 N–H and O–H groups in total. The normalized spacial score (nSPS) is 19.6. The summed E-state index contributed by atoms with van der Waals surface area (Å²) in [7, 11) is 0. The van der Waals surface area contributed by atoms with Gasteiger partial charge in [-0.1, -0.05) is 84.9 Å². The Balaban J connectivity index is 1.03. The van der Waals surface area contributed by atoms with Gasteiger partial charge in [0.05, 0.1) is 11.4 Å². The lowest BCUT2D eigenvalue weighted by Gasteiger charge is -2.34. The number of hydrogen-bond donors (Lipinski definition) is 0. The molecular weight excluding hydrogens is 488 g/mol. The summed E-state index contributed by atoms with van der Waals surface area (Å²) in [5, 5.41) is 0. The minimum atomic E-state index is -0.377. The van der Waals surface area contributed by atoms with Crippen molar-refractivity contribution in [3.05, 3.63) is 126 Å². The first kappa shape index (κ1) is 26.4. The molecular formula is C36H38N4.